The Morgan fingerprint density at radius 3 is 2.62 bits per heavy atom. The standard InChI is InChI=1S/C13H14ClNO/c1-8-6-15-9(2)13(8)12-5-11(14)4-3-10(12)7-16/h3-6,15-16H,7H2,1-2H3. The summed E-state index contributed by atoms with van der Waals surface area (Å²) in [7, 11) is 0. The smallest absolute Gasteiger partial charge is 0.0687 e. The van der Waals surface area contributed by atoms with Crippen molar-refractivity contribution >= 4 is 11.6 Å². The van der Waals surface area contributed by atoms with Crippen molar-refractivity contribution in [3.05, 3.63) is 46.2 Å². The largest absolute Gasteiger partial charge is 0.392 e. The minimum atomic E-state index is 0.0244. The molecule has 1 aromatic carbocycles. The van der Waals surface area contributed by atoms with Gasteiger partial charge in [0.2, 0.25) is 0 Å². The second-order valence-electron chi connectivity index (χ2n) is 3.93. The number of hydrogen-bond donors (Lipinski definition) is 2. The van der Waals surface area contributed by atoms with E-state index in [1.807, 2.05) is 32.2 Å². The van der Waals surface area contributed by atoms with Crippen LogP contribution in [0.1, 0.15) is 16.8 Å². The molecule has 1 aromatic heterocycles. The van der Waals surface area contributed by atoms with Crippen LogP contribution in [0.4, 0.5) is 0 Å². The normalized spacial score (nSPS) is 10.8. The highest BCUT2D eigenvalue weighted by atomic mass is 35.5. The molecule has 0 fully saturated rings. The van der Waals surface area contributed by atoms with Crippen LogP contribution in [0.25, 0.3) is 11.1 Å². The van der Waals surface area contributed by atoms with Crippen LogP contribution in [0.15, 0.2) is 24.4 Å². The van der Waals surface area contributed by atoms with Crippen LogP contribution in [0.3, 0.4) is 0 Å². The number of aryl methyl sites for hydroxylation is 2. The molecule has 1 heterocycles. The Morgan fingerprint density at radius 2 is 2.06 bits per heavy atom. The maximum atomic E-state index is 9.34. The van der Waals surface area contributed by atoms with Gasteiger partial charge in [-0.3, -0.25) is 0 Å². The van der Waals surface area contributed by atoms with E-state index in [0.29, 0.717) is 5.02 Å². The minimum Gasteiger partial charge on any atom is -0.392 e. The third-order valence-electron chi connectivity index (χ3n) is 2.79. The van der Waals surface area contributed by atoms with E-state index in [-0.39, 0.29) is 6.61 Å². The molecule has 2 N–H and O–H groups in total. The van der Waals surface area contributed by atoms with E-state index in [4.69, 9.17) is 11.6 Å². The summed E-state index contributed by atoms with van der Waals surface area (Å²) in [6, 6.07) is 5.56. The van der Waals surface area contributed by atoms with E-state index in [0.717, 1.165) is 27.9 Å². The number of aromatic nitrogens is 1. The average Bonchev–Trinajstić information content (AvgIpc) is 2.58. The third-order valence-corrected chi connectivity index (χ3v) is 3.02. The van der Waals surface area contributed by atoms with Gasteiger partial charge in [0.1, 0.15) is 0 Å². The fourth-order valence-corrected chi connectivity index (χ4v) is 2.16. The Morgan fingerprint density at radius 1 is 1.31 bits per heavy atom. The molecular formula is C13H14ClNO. The summed E-state index contributed by atoms with van der Waals surface area (Å²) in [6.07, 6.45) is 1.97. The van der Waals surface area contributed by atoms with E-state index in [1.54, 1.807) is 6.07 Å². The van der Waals surface area contributed by atoms with Gasteiger partial charge in [0.25, 0.3) is 0 Å². The van der Waals surface area contributed by atoms with E-state index < -0.39 is 0 Å². The van der Waals surface area contributed by atoms with E-state index in [9.17, 15) is 5.11 Å². The monoisotopic (exact) mass is 235 g/mol. The number of rotatable bonds is 2. The molecule has 0 saturated carbocycles. The van der Waals surface area contributed by atoms with Gasteiger partial charge >= 0.3 is 0 Å². The molecule has 0 radical (unpaired) electrons. The molecule has 2 nitrogen and oxygen atoms in total. The molecule has 0 aliphatic rings. The number of halogens is 1. The lowest BCUT2D eigenvalue weighted by Gasteiger charge is -2.09. The lowest BCUT2D eigenvalue weighted by atomic mass is 9.97. The van der Waals surface area contributed by atoms with Crippen molar-refractivity contribution in [3.63, 3.8) is 0 Å². The molecule has 0 unspecified atom stereocenters. The van der Waals surface area contributed by atoms with Gasteiger partial charge in [-0.05, 0) is 42.7 Å². The molecule has 0 spiro atoms. The predicted octanol–water partition coefficient (Wildman–Crippen LogP) is 3.44. The highest BCUT2D eigenvalue weighted by Crippen LogP contribution is 2.31. The molecule has 0 bridgehead atoms. The second kappa shape index (κ2) is 4.32. The SMILES string of the molecule is Cc1c[nH]c(C)c1-c1cc(Cl)ccc1CO. The fraction of sp³-hybridized carbons (Fsp3) is 0.231. The Balaban J connectivity index is 2.67. The van der Waals surface area contributed by atoms with Crippen LogP contribution in [-0.2, 0) is 6.61 Å². The predicted molar refractivity (Wildman–Crippen MR) is 66.6 cm³/mol. The zero-order chi connectivity index (χ0) is 11.7. The van der Waals surface area contributed by atoms with Gasteiger partial charge in [-0.25, -0.2) is 0 Å². The summed E-state index contributed by atoms with van der Waals surface area (Å²) in [6.45, 7) is 4.09. The Hall–Kier alpha value is -1.25. The summed E-state index contributed by atoms with van der Waals surface area (Å²) in [5.41, 5.74) is 5.29. The van der Waals surface area contributed by atoms with Crippen molar-refractivity contribution in [1.29, 1.82) is 0 Å². The number of benzene rings is 1. The van der Waals surface area contributed by atoms with Crippen molar-refractivity contribution in [2.75, 3.05) is 0 Å². The summed E-state index contributed by atoms with van der Waals surface area (Å²) in [4.78, 5) is 3.18. The van der Waals surface area contributed by atoms with Gasteiger partial charge in [0, 0.05) is 22.5 Å². The summed E-state index contributed by atoms with van der Waals surface area (Å²) >= 11 is 6.00. The quantitative estimate of drug-likeness (QED) is 0.822. The molecule has 0 atom stereocenters. The summed E-state index contributed by atoms with van der Waals surface area (Å²) in [5.74, 6) is 0. The first-order valence-electron chi connectivity index (χ1n) is 5.17. The highest BCUT2D eigenvalue weighted by Gasteiger charge is 2.11. The van der Waals surface area contributed by atoms with Crippen molar-refractivity contribution < 1.29 is 5.11 Å². The Kier molecular flexibility index (Phi) is 3.03. The lowest BCUT2D eigenvalue weighted by molar-refractivity contribution is 0.282. The number of aromatic amines is 1. The number of H-pyrrole nitrogens is 1. The maximum absolute atomic E-state index is 9.34. The summed E-state index contributed by atoms with van der Waals surface area (Å²) < 4.78 is 0. The molecule has 3 heteroatoms. The first-order valence-corrected chi connectivity index (χ1v) is 5.55. The maximum Gasteiger partial charge on any atom is 0.0687 e. The summed E-state index contributed by atoms with van der Waals surface area (Å²) in [5, 5.41) is 10.0. The van der Waals surface area contributed by atoms with Gasteiger partial charge in [-0.1, -0.05) is 17.7 Å². The van der Waals surface area contributed by atoms with Crippen LogP contribution in [-0.4, -0.2) is 10.1 Å². The Bertz CT molecular complexity index is 497. The molecule has 0 aliphatic heterocycles. The van der Waals surface area contributed by atoms with Crippen LogP contribution >= 0.6 is 11.6 Å². The zero-order valence-corrected chi connectivity index (χ0v) is 10.1. The van der Waals surface area contributed by atoms with Gasteiger partial charge in [-0.15, -0.1) is 0 Å². The minimum absolute atomic E-state index is 0.0244. The number of aliphatic hydroxyl groups excluding tert-OH is 1. The molecule has 0 saturated heterocycles. The molecule has 0 amide bonds. The molecule has 16 heavy (non-hydrogen) atoms. The number of nitrogens with one attached hydrogen (secondary N) is 1. The molecule has 84 valence electrons. The molecule has 2 rings (SSSR count). The lowest BCUT2D eigenvalue weighted by Crippen LogP contribution is -1.91. The van der Waals surface area contributed by atoms with Crippen LogP contribution in [0.2, 0.25) is 5.02 Å². The Labute approximate surface area is 99.9 Å². The van der Waals surface area contributed by atoms with Crippen LogP contribution < -0.4 is 0 Å². The topological polar surface area (TPSA) is 36.0 Å². The van der Waals surface area contributed by atoms with Gasteiger partial charge in [0.15, 0.2) is 0 Å². The molecule has 0 aliphatic carbocycles. The van der Waals surface area contributed by atoms with Crippen LogP contribution in [0.5, 0.6) is 0 Å². The van der Waals surface area contributed by atoms with Crippen LogP contribution in [0, 0.1) is 13.8 Å². The van der Waals surface area contributed by atoms with Crippen molar-refractivity contribution in [2.24, 2.45) is 0 Å². The van der Waals surface area contributed by atoms with Crippen molar-refractivity contribution in [2.45, 2.75) is 20.5 Å². The molecule has 2 aromatic rings. The first kappa shape index (κ1) is 11.2. The fourth-order valence-electron chi connectivity index (χ4n) is 1.99. The van der Waals surface area contributed by atoms with E-state index in [1.165, 1.54) is 0 Å². The van der Waals surface area contributed by atoms with Crippen molar-refractivity contribution in [1.82, 2.24) is 4.98 Å². The van der Waals surface area contributed by atoms with E-state index in [2.05, 4.69) is 4.98 Å². The first-order chi connectivity index (χ1) is 7.63. The van der Waals surface area contributed by atoms with E-state index >= 15 is 0 Å². The second-order valence-corrected chi connectivity index (χ2v) is 4.37. The van der Waals surface area contributed by atoms with Gasteiger partial charge in [-0.2, -0.15) is 0 Å². The van der Waals surface area contributed by atoms with Gasteiger partial charge in [0.05, 0.1) is 6.61 Å². The van der Waals surface area contributed by atoms with Crippen molar-refractivity contribution in [3.8, 4) is 11.1 Å². The highest BCUT2D eigenvalue weighted by molar-refractivity contribution is 6.30. The number of aliphatic hydroxyl groups is 1. The molecular weight excluding hydrogens is 222 g/mol. The number of hydrogen-bond acceptors (Lipinski definition) is 1. The average molecular weight is 236 g/mol. The van der Waals surface area contributed by atoms with Gasteiger partial charge < -0.3 is 10.1 Å². The zero-order valence-electron chi connectivity index (χ0n) is 9.34. The third kappa shape index (κ3) is 1.86.